The van der Waals surface area contributed by atoms with E-state index in [9.17, 15) is 4.79 Å². The minimum Gasteiger partial charge on any atom is -0.486 e. The van der Waals surface area contributed by atoms with Crippen LogP contribution in [-0.2, 0) is 0 Å². The first-order valence-corrected chi connectivity index (χ1v) is 11.9. The highest BCUT2D eigenvalue weighted by Crippen LogP contribution is 2.36. The Hall–Kier alpha value is -4.21. The zero-order chi connectivity index (χ0) is 25.9. The van der Waals surface area contributed by atoms with E-state index in [4.69, 9.17) is 32.7 Å². The van der Waals surface area contributed by atoms with E-state index < -0.39 is 6.10 Å². The van der Waals surface area contributed by atoms with E-state index in [0.717, 1.165) is 10.9 Å². The first-order chi connectivity index (χ1) is 17.9. The van der Waals surface area contributed by atoms with Gasteiger partial charge in [0.05, 0.1) is 22.7 Å². The second kappa shape index (κ2) is 10.4. The molecule has 2 N–H and O–H groups in total. The number of ether oxygens (including phenoxy) is 2. The number of amides is 1. The van der Waals surface area contributed by atoms with Crippen LogP contribution >= 0.6 is 23.2 Å². The van der Waals surface area contributed by atoms with E-state index in [1.807, 2.05) is 25.1 Å². The van der Waals surface area contributed by atoms with Gasteiger partial charge in [-0.2, -0.15) is 5.10 Å². The highest BCUT2D eigenvalue weighted by atomic mass is 35.5. The van der Waals surface area contributed by atoms with Crippen LogP contribution in [0.5, 0.6) is 11.6 Å². The van der Waals surface area contributed by atoms with Gasteiger partial charge in [0.2, 0.25) is 5.88 Å². The normalized spacial score (nSPS) is 11.8. The van der Waals surface area contributed by atoms with Crippen LogP contribution in [0, 0.1) is 0 Å². The number of aromatic nitrogens is 5. The van der Waals surface area contributed by atoms with Gasteiger partial charge < -0.3 is 14.8 Å². The minimum absolute atomic E-state index is 0.261. The molecule has 0 aliphatic rings. The standard InChI is InChI=1S/C26H20Cl2N6O3/c1-14(23-18(27)12-29-13-19(23)28)37-16-6-7-20-17(10-16)24(34-33-20)15-9-22(26(36-2)31-11-15)32-25(35)21-5-3-4-8-30-21/h3-14H,1-2H3,(H,32,35)(H,33,34)/t14-/m1/s1. The molecule has 1 atom stereocenters. The molecule has 0 fully saturated rings. The Balaban J connectivity index is 1.47. The summed E-state index contributed by atoms with van der Waals surface area (Å²) in [6.07, 6.45) is 5.81. The average molecular weight is 535 g/mol. The van der Waals surface area contributed by atoms with E-state index in [1.165, 1.54) is 19.5 Å². The largest absolute Gasteiger partial charge is 0.486 e. The Morgan fingerprint density at radius 2 is 1.86 bits per heavy atom. The molecule has 9 nitrogen and oxygen atoms in total. The monoisotopic (exact) mass is 534 g/mol. The van der Waals surface area contributed by atoms with Gasteiger partial charge in [-0.3, -0.25) is 19.9 Å². The van der Waals surface area contributed by atoms with Crippen LogP contribution in [0.4, 0.5) is 5.69 Å². The number of hydrogen-bond donors (Lipinski definition) is 2. The van der Waals surface area contributed by atoms with Crippen LogP contribution in [0.25, 0.3) is 22.2 Å². The summed E-state index contributed by atoms with van der Waals surface area (Å²) in [7, 11) is 1.48. The number of aromatic amines is 1. The van der Waals surface area contributed by atoms with Crippen LogP contribution in [0.2, 0.25) is 10.0 Å². The number of halogens is 2. The highest BCUT2D eigenvalue weighted by Gasteiger charge is 2.19. The third-order valence-electron chi connectivity index (χ3n) is 5.61. The molecular formula is C26H20Cl2N6O3. The zero-order valence-corrected chi connectivity index (χ0v) is 21.2. The van der Waals surface area contributed by atoms with E-state index in [2.05, 4.69) is 30.5 Å². The van der Waals surface area contributed by atoms with E-state index >= 15 is 0 Å². The Morgan fingerprint density at radius 1 is 1.05 bits per heavy atom. The van der Waals surface area contributed by atoms with Crippen molar-refractivity contribution >= 4 is 45.7 Å². The van der Waals surface area contributed by atoms with Crippen LogP contribution in [0.3, 0.4) is 0 Å². The molecule has 5 aromatic rings. The van der Waals surface area contributed by atoms with Gasteiger partial charge in [-0.25, -0.2) is 4.98 Å². The molecule has 11 heteroatoms. The first-order valence-electron chi connectivity index (χ1n) is 11.1. The fourth-order valence-electron chi connectivity index (χ4n) is 3.88. The number of carbonyl (C=O) groups excluding carboxylic acids is 1. The van der Waals surface area contributed by atoms with Gasteiger partial charge in [0.25, 0.3) is 5.91 Å². The van der Waals surface area contributed by atoms with Gasteiger partial charge in [-0.1, -0.05) is 29.3 Å². The van der Waals surface area contributed by atoms with Crippen molar-refractivity contribution in [3.63, 3.8) is 0 Å². The molecule has 4 aromatic heterocycles. The highest BCUT2D eigenvalue weighted by molar-refractivity contribution is 6.35. The quantitative estimate of drug-likeness (QED) is 0.258. The number of H-pyrrole nitrogens is 1. The van der Waals surface area contributed by atoms with Crippen LogP contribution in [0.15, 0.2) is 67.3 Å². The lowest BCUT2D eigenvalue weighted by Gasteiger charge is -2.17. The Kier molecular flexibility index (Phi) is 6.89. The third kappa shape index (κ3) is 5.04. The number of carbonyl (C=O) groups is 1. The number of fused-ring (bicyclic) bond motifs is 1. The molecule has 4 heterocycles. The lowest BCUT2D eigenvalue weighted by atomic mass is 10.1. The maximum Gasteiger partial charge on any atom is 0.274 e. The van der Waals surface area contributed by atoms with Gasteiger partial charge in [0, 0.05) is 41.3 Å². The molecule has 186 valence electrons. The molecule has 0 unspecified atom stereocenters. The average Bonchev–Trinajstić information content (AvgIpc) is 3.32. The Bertz CT molecular complexity index is 1570. The summed E-state index contributed by atoms with van der Waals surface area (Å²) in [5.41, 5.74) is 3.38. The predicted octanol–water partition coefficient (Wildman–Crippen LogP) is 6.12. The lowest BCUT2D eigenvalue weighted by Crippen LogP contribution is -2.14. The van der Waals surface area contributed by atoms with Crippen LogP contribution in [-0.4, -0.2) is 38.2 Å². The van der Waals surface area contributed by atoms with Crippen molar-refractivity contribution in [2.75, 3.05) is 12.4 Å². The summed E-state index contributed by atoms with van der Waals surface area (Å²) in [5.74, 6) is 0.469. The molecular weight excluding hydrogens is 515 g/mol. The van der Waals surface area contributed by atoms with Gasteiger partial charge in [0.1, 0.15) is 28.9 Å². The molecule has 1 aromatic carbocycles. The van der Waals surface area contributed by atoms with Crippen molar-refractivity contribution in [3.8, 4) is 22.9 Å². The minimum atomic E-state index is -0.424. The van der Waals surface area contributed by atoms with Crippen molar-refractivity contribution in [2.45, 2.75) is 13.0 Å². The molecule has 0 saturated carbocycles. The van der Waals surface area contributed by atoms with Crippen molar-refractivity contribution in [1.29, 1.82) is 0 Å². The van der Waals surface area contributed by atoms with Gasteiger partial charge >= 0.3 is 0 Å². The SMILES string of the molecule is COc1ncc(-c2n[nH]c3ccc(O[C@H](C)c4c(Cl)cncc4Cl)cc23)cc1NC(=O)c1ccccn1. The van der Waals surface area contributed by atoms with Crippen molar-refractivity contribution in [1.82, 2.24) is 25.1 Å². The molecule has 0 aliphatic heterocycles. The maximum absolute atomic E-state index is 12.7. The molecule has 0 spiro atoms. The number of nitrogens with one attached hydrogen (secondary N) is 2. The fourth-order valence-corrected chi connectivity index (χ4v) is 4.55. The maximum atomic E-state index is 12.7. The zero-order valence-electron chi connectivity index (χ0n) is 19.7. The molecule has 0 bridgehead atoms. The fraction of sp³-hybridized carbons (Fsp3) is 0.115. The summed E-state index contributed by atoms with van der Waals surface area (Å²) < 4.78 is 11.5. The molecule has 5 rings (SSSR count). The molecule has 0 saturated heterocycles. The Morgan fingerprint density at radius 3 is 2.59 bits per heavy atom. The summed E-state index contributed by atoms with van der Waals surface area (Å²) >= 11 is 12.6. The van der Waals surface area contributed by atoms with Gasteiger partial charge in [0.15, 0.2) is 0 Å². The van der Waals surface area contributed by atoms with E-state index in [-0.39, 0.29) is 17.5 Å². The second-order valence-electron chi connectivity index (χ2n) is 8.01. The first kappa shape index (κ1) is 24.5. The van der Waals surface area contributed by atoms with Gasteiger partial charge in [-0.05, 0) is 43.3 Å². The lowest BCUT2D eigenvalue weighted by molar-refractivity contribution is 0.102. The summed E-state index contributed by atoms with van der Waals surface area (Å²) in [5, 5.41) is 11.9. The van der Waals surface area contributed by atoms with Crippen LogP contribution in [0.1, 0.15) is 29.1 Å². The van der Waals surface area contributed by atoms with Crippen molar-refractivity contribution in [3.05, 3.63) is 88.6 Å². The van der Waals surface area contributed by atoms with E-state index in [0.29, 0.717) is 38.3 Å². The van der Waals surface area contributed by atoms with E-state index in [1.54, 1.807) is 36.7 Å². The number of nitrogens with zero attached hydrogens (tertiary/aromatic N) is 4. The summed E-state index contributed by atoms with van der Waals surface area (Å²) in [4.78, 5) is 25.1. The number of pyridine rings is 3. The van der Waals surface area contributed by atoms with Crippen molar-refractivity contribution in [2.24, 2.45) is 0 Å². The number of methoxy groups -OCH3 is 1. The Labute approximate surface area is 221 Å². The number of hydrogen-bond acceptors (Lipinski definition) is 7. The molecule has 1 amide bonds. The van der Waals surface area contributed by atoms with Gasteiger partial charge in [-0.15, -0.1) is 0 Å². The molecule has 0 radical (unpaired) electrons. The smallest absolute Gasteiger partial charge is 0.274 e. The molecule has 37 heavy (non-hydrogen) atoms. The van der Waals surface area contributed by atoms with Crippen LogP contribution < -0.4 is 14.8 Å². The summed E-state index contributed by atoms with van der Waals surface area (Å²) in [6.45, 7) is 1.86. The van der Waals surface area contributed by atoms with Crippen molar-refractivity contribution < 1.29 is 14.3 Å². The number of rotatable bonds is 7. The third-order valence-corrected chi connectivity index (χ3v) is 6.21. The predicted molar refractivity (Wildman–Crippen MR) is 141 cm³/mol. The summed E-state index contributed by atoms with van der Waals surface area (Å²) in [6, 6.07) is 12.4. The number of benzene rings is 1. The molecule has 0 aliphatic carbocycles. The number of anilines is 1. The second-order valence-corrected chi connectivity index (χ2v) is 8.82. The topological polar surface area (TPSA) is 115 Å².